The third-order valence-corrected chi connectivity index (χ3v) is 6.03. The summed E-state index contributed by atoms with van der Waals surface area (Å²) in [5, 5.41) is 10.7. The fourth-order valence-corrected chi connectivity index (χ4v) is 4.40. The lowest BCUT2D eigenvalue weighted by Gasteiger charge is -2.33. The molecule has 6 heteroatoms. The van der Waals surface area contributed by atoms with Gasteiger partial charge in [0.1, 0.15) is 11.9 Å². The summed E-state index contributed by atoms with van der Waals surface area (Å²) in [5.74, 6) is -0.294. The monoisotopic (exact) mass is 436 g/mol. The number of carbonyl (C=O) groups excluding carboxylic acids is 2. The highest BCUT2D eigenvalue weighted by molar-refractivity contribution is 6.04. The van der Waals surface area contributed by atoms with Crippen LogP contribution in [-0.4, -0.2) is 27.6 Å². The number of rotatable bonds is 4. The van der Waals surface area contributed by atoms with E-state index in [-0.39, 0.29) is 17.7 Å². The molecule has 2 N–H and O–H groups in total. The summed E-state index contributed by atoms with van der Waals surface area (Å²) in [5.41, 5.74) is 5.15. The van der Waals surface area contributed by atoms with Crippen molar-refractivity contribution in [1.82, 2.24) is 15.1 Å². The van der Waals surface area contributed by atoms with Crippen LogP contribution >= 0.6 is 0 Å². The second-order valence-electron chi connectivity index (χ2n) is 8.29. The molecule has 5 rings (SSSR count). The molecule has 3 aromatic carbocycles. The second-order valence-corrected chi connectivity index (χ2v) is 8.29. The molecule has 0 bridgehead atoms. The first kappa shape index (κ1) is 20.7. The molecule has 164 valence electrons. The molecule has 1 aliphatic heterocycles. The van der Waals surface area contributed by atoms with E-state index in [4.69, 9.17) is 5.10 Å². The fraction of sp³-hybridized carbons (Fsp3) is 0.148. The Balaban J connectivity index is 1.63. The van der Waals surface area contributed by atoms with Crippen molar-refractivity contribution in [2.45, 2.75) is 25.8 Å². The molecule has 0 saturated heterocycles. The van der Waals surface area contributed by atoms with Crippen molar-refractivity contribution < 1.29 is 9.59 Å². The molecule has 0 aliphatic carbocycles. The quantitative estimate of drug-likeness (QED) is 0.499. The van der Waals surface area contributed by atoms with Crippen LogP contribution < -0.4 is 10.6 Å². The van der Waals surface area contributed by atoms with Crippen molar-refractivity contribution in [2.24, 2.45) is 0 Å². The standard InChI is InChI=1S/C27H24N4O2/c1-17-13-15-19(16-14-17)23-22-18(2)30-31(21-11-7-4-8-12-21)25(22)29-27(33)24(23)28-26(32)20-9-5-3-6-10-20/h3-16,23-24H,1-2H3,(H,28,32)(H,29,33)/t23-,24-/m1/s1. The maximum Gasteiger partial charge on any atom is 0.251 e. The molecule has 33 heavy (non-hydrogen) atoms. The summed E-state index contributed by atoms with van der Waals surface area (Å²) in [6.45, 7) is 3.96. The van der Waals surface area contributed by atoms with Gasteiger partial charge in [-0.1, -0.05) is 66.2 Å². The SMILES string of the molecule is Cc1ccc([C@@H]2c3c(C)nn(-c4ccccc4)c3NC(=O)[C@@H]2NC(=O)c2ccccc2)cc1. The Labute approximate surface area is 192 Å². The number of hydrogen-bond donors (Lipinski definition) is 2. The number of carbonyl (C=O) groups is 2. The van der Waals surface area contributed by atoms with Gasteiger partial charge in [-0.3, -0.25) is 9.59 Å². The molecule has 0 spiro atoms. The van der Waals surface area contributed by atoms with Crippen molar-refractivity contribution in [1.29, 1.82) is 0 Å². The Kier molecular flexibility index (Phi) is 5.26. The van der Waals surface area contributed by atoms with Crippen LogP contribution in [0.25, 0.3) is 5.69 Å². The van der Waals surface area contributed by atoms with Crippen LogP contribution in [0.2, 0.25) is 0 Å². The predicted octanol–water partition coefficient (Wildman–Crippen LogP) is 4.37. The molecule has 6 nitrogen and oxygen atoms in total. The average Bonchev–Trinajstić information content (AvgIpc) is 3.17. The molecule has 2 amide bonds. The lowest BCUT2D eigenvalue weighted by Crippen LogP contribution is -2.50. The zero-order valence-electron chi connectivity index (χ0n) is 18.4. The van der Waals surface area contributed by atoms with Gasteiger partial charge >= 0.3 is 0 Å². The van der Waals surface area contributed by atoms with Gasteiger partial charge < -0.3 is 10.6 Å². The number of amides is 2. The van der Waals surface area contributed by atoms with Crippen LogP contribution in [0.3, 0.4) is 0 Å². The minimum atomic E-state index is -0.778. The molecular formula is C27H24N4O2. The minimum absolute atomic E-state index is 0.269. The zero-order valence-corrected chi connectivity index (χ0v) is 18.4. The van der Waals surface area contributed by atoms with E-state index in [1.807, 2.05) is 74.5 Å². The van der Waals surface area contributed by atoms with Crippen molar-refractivity contribution in [3.05, 3.63) is 113 Å². The molecule has 1 aliphatic rings. The highest BCUT2D eigenvalue weighted by Crippen LogP contribution is 2.40. The van der Waals surface area contributed by atoms with E-state index in [1.54, 1.807) is 28.9 Å². The Hall–Kier alpha value is -4.19. The summed E-state index contributed by atoms with van der Waals surface area (Å²) in [4.78, 5) is 26.4. The number of anilines is 1. The zero-order chi connectivity index (χ0) is 22.9. The molecule has 2 heterocycles. The number of hydrogen-bond acceptors (Lipinski definition) is 3. The molecule has 0 unspecified atom stereocenters. The molecular weight excluding hydrogens is 412 g/mol. The lowest BCUT2D eigenvalue weighted by molar-refractivity contribution is -0.118. The highest BCUT2D eigenvalue weighted by atomic mass is 16.2. The third-order valence-electron chi connectivity index (χ3n) is 6.03. The summed E-state index contributed by atoms with van der Waals surface area (Å²) in [7, 11) is 0. The van der Waals surface area contributed by atoms with E-state index in [2.05, 4.69) is 10.6 Å². The fourth-order valence-electron chi connectivity index (χ4n) is 4.40. The number of nitrogens with zero attached hydrogens (tertiary/aromatic N) is 2. The summed E-state index contributed by atoms with van der Waals surface area (Å²) in [6, 6.07) is 25.9. The number of fused-ring (bicyclic) bond motifs is 1. The van der Waals surface area contributed by atoms with Crippen LogP contribution in [0.15, 0.2) is 84.9 Å². The predicted molar refractivity (Wildman–Crippen MR) is 128 cm³/mol. The van der Waals surface area contributed by atoms with Crippen LogP contribution in [0, 0.1) is 13.8 Å². The third kappa shape index (κ3) is 3.80. The van der Waals surface area contributed by atoms with E-state index in [0.717, 1.165) is 28.1 Å². The van der Waals surface area contributed by atoms with E-state index in [0.29, 0.717) is 11.4 Å². The van der Waals surface area contributed by atoms with Crippen LogP contribution in [-0.2, 0) is 4.79 Å². The molecule has 0 saturated carbocycles. The van der Waals surface area contributed by atoms with Gasteiger partial charge in [0.25, 0.3) is 5.91 Å². The van der Waals surface area contributed by atoms with Gasteiger partial charge in [0.2, 0.25) is 5.91 Å². The first-order chi connectivity index (χ1) is 16.0. The maximum absolute atomic E-state index is 13.4. The van der Waals surface area contributed by atoms with Crippen LogP contribution in [0.5, 0.6) is 0 Å². The van der Waals surface area contributed by atoms with E-state index >= 15 is 0 Å². The highest BCUT2D eigenvalue weighted by Gasteiger charge is 2.41. The Morgan fingerprint density at radius 1 is 0.909 bits per heavy atom. The number of para-hydroxylation sites is 1. The smallest absolute Gasteiger partial charge is 0.251 e. The molecule has 4 aromatic rings. The van der Waals surface area contributed by atoms with Gasteiger partial charge in [-0.05, 0) is 43.7 Å². The van der Waals surface area contributed by atoms with Gasteiger partial charge in [0.05, 0.1) is 11.4 Å². The van der Waals surface area contributed by atoms with E-state index < -0.39 is 6.04 Å². The van der Waals surface area contributed by atoms with E-state index in [9.17, 15) is 9.59 Å². The van der Waals surface area contributed by atoms with Gasteiger partial charge in [-0.2, -0.15) is 5.10 Å². The summed E-state index contributed by atoms with van der Waals surface area (Å²) in [6.07, 6.45) is 0. The van der Waals surface area contributed by atoms with Crippen LogP contribution in [0.1, 0.15) is 38.7 Å². The van der Waals surface area contributed by atoms with Crippen molar-refractivity contribution in [3.63, 3.8) is 0 Å². The van der Waals surface area contributed by atoms with Gasteiger partial charge in [-0.15, -0.1) is 0 Å². The summed E-state index contributed by atoms with van der Waals surface area (Å²) < 4.78 is 1.76. The number of benzene rings is 3. The Bertz CT molecular complexity index is 1310. The number of aromatic nitrogens is 2. The Morgan fingerprint density at radius 2 is 1.55 bits per heavy atom. The molecule has 0 radical (unpaired) electrons. The minimum Gasteiger partial charge on any atom is -0.339 e. The van der Waals surface area contributed by atoms with Gasteiger partial charge in [0.15, 0.2) is 0 Å². The van der Waals surface area contributed by atoms with Gasteiger partial charge in [0, 0.05) is 17.0 Å². The lowest BCUT2D eigenvalue weighted by atomic mass is 9.81. The summed E-state index contributed by atoms with van der Waals surface area (Å²) >= 11 is 0. The van der Waals surface area contributed by atoms with Crippen LogP contribution in [0.4, 0.5) is 5.82 Å². The van der Waals surface area contributed by atoms with Crippen molar-refractivity contribution >= 4 is 17.6 Å². The first-order valence-corrected chi connectivity index (χ1v) is 10.9. The normalized spacial score (nSPS) is 17.2. The van der Waals surface area contributed by atoms with Crippen molar-refractivity contribution in [3.8, 4) is 5.69 Å². The first-order valence-electron chi connectivity index (χ1n) is 10.9. The molecule has 1 aromatic heterocycles. The maximum atomic E-state index is 13.4. The second kappa shape index (κ2) is 8.39. The van der Waals surface area contributed by atoms with Gasteiger partial charge in [-0.25, -0.2) is 4.68 Å². The number of aryl methyl sites for hydroxylation is 2. The topological polar surface area (TPSA) is 76.0 Å². The number of nitrogens with one attached hydrogen (secondary N) is 2. The van der Waals surface area contributed by atoms with Crippen molar-refractivity contribution in [2.75, 3.05) is 5.32 Å². The molecule has 2 atom stereocenters. The largest absolute Gasteiger partial charge is 0.339 e. The van der Waals surface area contributed by atoms with E-state index in [1.165, 1.54) is 0 Å². The molecule has 0 fully saturated rings. The average molecular weight is 437 g/mol. The Morgan fingerprint density at radius 3 is 2.21 bits per heavy atom.